The molecule has 0 heterocycles. The van der Waals surface area contributed by atoms with Gasteiger partial charge in [0.15, 0.2) is 11.6 Å². The molecule has 0 amide bonds. The minimum Gasteiger partial charge on any atom is -0.490 e. The summed E-state index contributed by atoms with van der Waals surface area (Å²) in [6, 6.07) is 1.69. The maximum atomic E-state index is 15.1. The van der Waals surface area contributed by atoms with Crippen molar-refractivity contribution < 1.29 is 28.2 Å². The van der Waals surface area contributed by atoms with E-state index in [1.807, 2.05) is 6.92 Å². The van der Waals surface area contributed by atoms with E-state index in [1.165, 1.54) is 18.1 Å². The largest absolute Gasteiger partial charge is 0.490 e. The molecule has 1 saturated carbocycles. The lowest BCUT2D eigenvalue weighted by Crippen LogP contribution is -2.17. The molecule has 0 saturated heterocycles. The normalized spacial score (nSPS) is 20.8. The first-order valence-electron chi connectivity index (χ1n) is 12.2. The number of hydrogen-bond donors (Lipinski definition) is 3. The van der Waals surface area contributed by atoms with Gasteiger partial charge in [-0.1, -0.05) is 46.0 Å². The fourth-order valence-corrected chi connectivity index (χ4v) is 5.60. The summed E-state index contributed by atoms with van der Waals surface area (Å²) < 4.78 is 46.7. The summed E-state index contributed by atoms with van der Waals surface area (Å²) >= 11 is 0. The standard InChI is InChI=1S/C24H40F2NO4P/c1-3-10-18-11-13-20(14-12-18)22-19(4-2)17-21(23(25)24(22)26)31-15-8-6-5-7-9-16-32(29,30)27-28/h17-18,20,28H,3-16H2,1-2H3,(H2,27,29,30). The molecule has 1 aromatic rings. The number of ether oxygens (including phenoxy) is 1. The van der Waals surface area contributed by atoms with Gasteiger partial charge in [-0.05, 0) is 74.0 Å². The Labute approximate surface area is 191 Å². The number of aryl methyl sites for hydroxylation is 1. The van der Waals surface area contributed by atoms with Crippen LogP contribution in [0.25, 0.3) is 0 Å². The zero-order chi connectivity index (χ0) is 23.6. The summed E-state index contributed by atoms with van der Waals surface area (Å²) in [5, 5.41) is 9.98. The molecule has 1 atom stereocenters. The van der Waals surface area contributed by atoms with E-state index in [9.17, 15) is 13.8 Å². The van der Waals surface area contributed by atoms with Crippen molar-refractivity contribution in [2.24, 2.45) is 5.92 Å². The van der Waals surface area contributed by atoms with Crippen LogP contribution in [0.5, 0.6) is 5.75 Å². The van der Waals surface area contributed by atoms with E-state index in [0.717, 1.165) is 56.4 Å². The second-order valence-corrected chi connectivity index (χ2v) is 11.1. The molecule has 1 aromatic carbocycles. The smallest absolute Gasteiger partial charge is 0.289 e. The van der Waals surface area contributed by atoms with E-state index in [1.54, 1.807) is 6.07 Å². The van der Waals surface area contributed by atoms with Crippen molar-refractivity contribution in [3.63, 3.8) is 0 Å². The lowest BCUT2D eigenvalue weighted by Gasteiger charge is -2.30. The van der Waals surface area contributed by atoms with Crippen LogP contribution >= 0.6 is 7.52 Å². The fourth-order valence-electron chi connectivity index (χ4n) is 4.84. The van der Waals surface area contributed by atoms with Crippen molar-refractivity contribution in [1.82, 2.24) is 5.25 Å². The van der Waals surface area contributed by atoms with Gasteiger partial charge in [0.1, 0.15) is 0 Å². The van der Waals surface area contributed by atoms with Crippen LogP contribution in [0.4, 0.5) is 8.78 Å². The highest BCUT2D eigenvalue weighted by atomic mass is 31.2. The zero-order valence-electron chi connectivity index (χ0n) is 19.5. The Bertz CT molecular complexity index is 754. The first-order valence-corrected chi connectivity index (χ1v) is 14.0. The summed E-state index contributed by atoms with van der Waals surface area (Å²) in [6.07, 6.45) is 10.7. The van der Waals surface area contributed by atoms with Crippen LogP contribution in [0, 0.1) is 17.6 Å². The molecule has 184 valence electrons. The van der Waals surface area contributed by atoms with Gasteiger partial charge in [0, 0.05) is 6.16 Å². The van der Waals surface area contributed by atoms with Gasteiger partial charge in [0.05, 0.1) is 6.61 Å². The van der Waals surface area contributed by atoms with Gasteiger partial charge in [-0.2, -0.15) is 4.39 Å². The molecule has 2 rings (SSSR count). The van der Waals surface area contributed by atoms with E-state index in [2.05, 4.69) is 6.92 Å². The lowest BCUT2D eigenvalue weighted by molar-refractivity contribution is 0.222. The first-order chi connectivity index (χ1) is 15.3. The van der Waals surface area contributed by atoms with Crippen LogP contribution in [0.1, 0.15) is 102 Å². The minimum atomic E-state index is -3.61. The van der Waals surface area contributed by atoms with E-state index >= 15 is 4.39 Å². The Kier molecular flexibility index (Phi) is 11.6. The van der Waals surface area contributed by atoms with Crippen LogP contribution in [-0.4, -0.2) is 22.9 Å². The predicted octanol–water partition coefficient (Wildman–Crippen LogP) is 7.09. The monoisotopic (exact) mass is 475 g/mol. The number of nitrogens with one attached hydrogen (secondary N) is 1. The second kappa shape index (κ2) is 13.6. The van der Waals surface area contributed by atoms with Crippen LogP contribution in [0.15, 0.2) is 6.07 Å². The average Bonchev–Trinajstić information content (AvgIpc) is 2.79. The van der Waals surface area contributed by atoms with Crippen LogP contribution < -0.4 is 9.99 Å². The molecule has 8 heteroatoms. The molecule has 0 radical (unpaired) electrons. The molecule has 5 nitrogen and oxygen atoms in total. The molecule has 1 aliphatic carbocycles. The third kappa shape index (κ3) is 8.09. The Morgan fingerprint density at radius 2 is 1.72 bits per heavy atom. The molecule has 0 aliphatic heterocycles. The third-order valence-corrected chi connectivity index (χ3v) is 7.88. The highest BCUT2D eigenvalue weighted by molar-refractivity contribution is 7.55. The van der Waals surface area contributed by atoms with Crippen molar-refractivity contribution in [2.45, 2.75) is 96.8 Å². The van der Waals surface area contributed by atoms with Crippen LogP contribution in [-0.2, 0) is 11.0 Å². The van der Waals surface area contributed by atoms with E-state index in [-0.39, 0.29) is 17.8 Å². The third-order valence-electron chi connectivity index (χ3n) is 6.65. The molecule has 0 aromatic heterocycles. The summed E-state index contributed by atoms with van der Waals surface area (Å²) in [4.78, 5) is 9.23. The molecule has 1 fully saturated rings. The Morgan fingerprint density at radius 3 is 2.34 bits per heavy atom. The van der Waals surface area contributed by atoms with Crippen LogP contribution in [0.3, 0.4) is 0 Å². The Balaban J connectivity index is 1.84. The van der Waals surface area contributed by atoms with Crippen molar-refractivity contribution in [1.29, 1.82) is 0 Å². The number of benzene rings is 1. The minimum absolute atomic E-state index is 0.00184. The molecule has 1 unspecified atom stereocenters. The molecule has 0 spiro atoms. The maximum Gasteiger partial charge on any atom is 0.289 e. The number of rotatable bonds is 14. The molecule has 0 bridgehead atoms. The average molecular weight is 476 g/mol. The van der Waals surface area contributed by atoms with Gasteiger partial charge in [-0.25, -0.2) is 4.39 Å². The summed E-state index contributed by atoms with van der Waals surface area (Å²) in [5.41, 5.74) is 1.41. The Morgan fingerprint density at radius 1 is 1.06 bits per heavy atom. The highest BCUT2D eigenvalue weighted by Gasteiger charge is 2.28. The van der Waals surface area contributed by atoms with Gasteiger partial charge in [-0.3, -0.25) is 4.57 Å². The van der Waals surface area contributed by atoms with Crippen molar-refractivity contribution >= 4 is 7.52 Å². The summed E-state index contributed by atoms with van der Waals surface area (Å²) in [5.74, 6) is -0.793. The first kappa shape index (κ1) is 27.2. The van der Waals surface area contributed by atoms with E-state index < -0.39 is 19.2 Å². The van der Waals surface area contributed by atoms with Crippen LogP contribution in [0.2, 0.25) is 0 Å². The number of halogens is 2. The van der Waals surface area contributed by atoms with Gasteiger partial charge in [0.25, 0.3) is 7.52 Å². The number of hydrogen-bond acceptors (Lipinski definition) is 3. The van der Waals surface area contributed by atoms with Gasteiger partial charge < -0.3 is 14.8 Å². The van der Waals surface area contributed by atoms with E-state index in [4.69, 9.17) is 9.94 Å². The summed E-state index contributed by atoms with van der Waals surface area (Å²) in [6.45, 7) is 4.47. The van der Waals surface area contributed by atoms with Crippen molar-refractivity contribution in [3.05, 3.63) is 28.8 Å². The van der Waals surface area contributed by atoms with Crippen molar-refractivity contribution in [3.8, 4) is 5.75 Å². The quantitative estimate of drug-likeness (QED) is 0.152. The molecule has 32 heavy (non-hydrogen) atoms. The number of unbranched alkanes of at least 4 members (excludes halogenated alkanes) is 4. The Hall–Kier alpha value is -1.01. The molecular formula is C24H40F2NO4P. The molecule has 3 N–H and O–H groups in total. The highest BCUT2D eigenvalue weighted by Crippen LogP contribution is 2.42. The maximum absolute atomic E-state index is 15.1. The molecular weight excluding hydrogens is 435 g/mol. The summed E-state index contributed by atoms with van der Waals surface area (Å²) in [7, 11) is -3.61. The van der Waals surface area contributed by atoms with E-state index in [0.29, 0.717) is 31.4 Å². The molecule has 1 aliphatic rings. The second-order valence-electron chi connectivity index (χ2n) is 9.08. The van der Waals surface area contributed by atoms with Crippen molar-refractivity contribution in [2.75, 3.05) is 12.8 Å². The lowest BCUT2D eigenvalue weighted by atomic mass is 9.75. The topological polar surface area (TPSA) is 78.8 Å². The van der Waals surface area contributed by atoms with Gasteiger partial charge in [0.2, 0.25) is 5.82 Å². The zero-order valence-corrected chi connectivity index (χ0v) is 20.4. The SMILES string of the molecule is CCCC1CCC(c2c(CC)cc(OCCCCCCCP(=O)(O)NO)c(F)c2F)CC1. The predicted molar refractivity (Wildman–Crippen MR) is 124 cm³/mol. The fraction of sp³-hybridized carbons (Fsp3) is 0.750. The van der Waals surface area contributed by atoms with Gasteiger partial charge in [-0.15, -0.1) is 5.25 Å². The van der Waals surface area contributed by atoms with Gasteiger partial charge >= 0.3 is 0 Å².